The predicted molar refractivity (Wildman–Crippen MR) is 132 cm³/mol. The number of nitrogens with zero attached hydrogens (tertiary/aromatic N) is 6. The van der Waals surface area contributed by atoms with Crippen LogP contribution in [0.2, 0.25) is 0 Å². The van der Waals surface area contributed by atoms with Crippen LogP contribution in [0.5, 0.6) is 0 Å². The van der Waals surface area contributed by atoms with Crippen molar-refractivity contribution in [2.75, 3.05) is 39.8 Å². The van der Waals surface area contributed by atoms with E-state index in [1.165, 1.54) is 30.6 Å². The van der Waals surface area contributed by atoms with Gasteiger partial charge < -0.3 is 15.5 Å². The first-order chi connectivity index (χ1) is 14.1. The smallest absolute Gasteiger partial charge is 0.191 e. The maximum absolute atomic E-state index is 4.70. The lowest BCUT2D eigenvalue weighted by Gasteiger charge is -2.20. The van der Waals surface area contributed by atoms with Gasteiger partial charge >= 0.3 is 0 Å². The molecule has 0 atom stereocenters. The van der Waals surface area contributed by atoms with Crippen LogP contribution < -0.4 is 10.6 Å². The summed E-state index contributed by atoms with van der Waals surface area (Å²) in [6, 6.07) is 8.85. The zero-order valence-corrected chi connectivity index (χ0v) is 20.7. The lowest BCUT2D eigenvalue weighted by molar-refractivity contribution is 0.269. The second-order valence-electron chi connectivity index (χ2n) is 7.60. The molecule has 1 fully saturated rings. The van der Waals surface area contributed by atoms with Gasteiger partial charge in [-0.25, -0.2) is 9.98 Å². The molecule has 1 aromatic carbocycles. The minimum absolute atomic E-state index is 0. The quantitative estimate of drug-likeness (QED) is 0.326. The van der Waals surface area contributed by atoms with E-state index in [0.29, 0.717) is 13.1 Å². The molecule has 1 saturated heterocycles. The van der Waals surface area contributed by atoms with E-state index in [4.69, 9.17) is 4.99 Å². The van der Waals surface area contributed by atoms with Gasteiger partial charge in [0.15, 0.2) is 5.96 Å². The summed E-state index contributed by atoms with van der Waals surface area (Å²) in [5, 5.41) is 10.7. The summed E-state index contributed by atoms with van der Waals surface area (Å²) in [4.78, 5) is 13.9. The van der Waals surface area contributed by atoms with Crippen LogP contribution in [-0.2, 0) is 26.7 Å². The molecular weight excluding hydrogens is 491 g/mol. The van der Waals surface area contributed by atoms with Crippen LogP contribution in [0.15, 0.2) is 35.6 Å². The third-order valence-corrected chi connectivity index (χ3v) is 5.22. The Hall–Kier alpha value is -1.72. The molecule has 3 rings (SSSR count). The summed E-state index contributed by atoms with van der Waals surface area (Å²) < 4.78 is 1.76. The number of hydrogen-bond donors (Lipinski definition) is 2. The average molecular weight is 526 g/mol. The van der Waals surface area contributed by atoms with E-state index < -0.39 is 0 Å². The van der Waals surface area contributed by atoms with Gasteiger partial charge in [0.25, 0.3) is 0 Å². The number of rotatable bonds is 7. The number of aromatic nitrogens is 3. The van der Waals surface area contributed by atoms with Crippen molar-refractivity contribution >= 4 is 29.9 Å². The van der Waals surface area contributed by atoms with Crippen molar-refractivity contribution in [1.29, 1.82) is 0 Å². The van der Waals surface area contributed by atoms with Crippen LogP contribution in [0, 0.1) is 0 Å². The first-order valence-electron chi connectivity index (χ1n) is 10.5. The van der Waals surface area contributed by atoms with E-state index in [1.54, 1.807) is 11.0 Å². The summed E-state index contributed by atoms with van der Waals surface area (Å²) in [5.41, 5.74) is 2.58. The van der Waals surface area contributed by atoms with E-state index >= 15 is 0 Å². The highest BCUT2D eigenvalue weighted by atomic mass is 127. The molecule has 1 aliphatic heterocycles. The van der Waals surface area contributed by atoms with Gasteiger partial charge in [-0.05, 0) is 44.6 Å². The van der Waals surface area contributed by atoms with Crippen molar-refractivity contribution in [2.45, 2.75) is 33.0 Å². The van der Waals surface area contributed by atoms with E-state index in [2.05, 4.69) is 68.8 Å². The number of benzene rings is 1. The largest absolute Gasteiger partial charge is 0.357 e. The molecule has 9 heteroatoms. The molecule has 2 N–H and O–H groups in total. The summed E-state index contributed by atoms with van der Waals surface area (Å²) in [5.74, 6) is 1.66. The maximum Gasteiger partial charge on any atom is 0.191 e. The number of guanidine groups is 1. The number of halogens is 1. The fourth-order valence-corrected chi connectivity index (χ4v) is 3.42. The van der Waals surface area contributed by atoms with Gasteiger partial charge in [0.1, 0.15) is 12.2 Å². The Morgan fingerprint density at radius 1 is 1.03 bits per heavy atom. The van der Waals surface area contributed by atoms with Crippen molar-refractivity contribution in [3.63, 3.8) is 0 Å². The van der Waals surface area contributed by atoms with Crippen LogP contribution in [0.1, 0.15) is 30.3 Å². The standard InChI is InChI=1S/C21H34N8.HI/c1-4-22-21(24-15-20-25-17-26-28(20)3)23-14-18-6-8-19(9-7-18)16-29-11-5-10-27(2)12-13-29;/h6-9,17H,4-5,10-16H2,1-3H3,(H2,22,23,24);1H. The van der Waals surface area contributed by atoms with Crippen LogP contribution in [0.3, 0.4) is 0 Å². The average Bonchev–Trinajstić information content (AvgIpc) is 3.02. The highest BCUT2D eigenvalue weighted by molar-refractivity contribution is 14.0. The van der Waals surface area contributed by atoms with Gasteiger partial charge in [-0.2, -0.15) is 5.10 Å². The zero-order chi connectivity index (χ0) is 20.5. The lowest BCUT2D eigenvalue weighted by Crippen LogP contribution is -2.37. The molecule has 166 valence electrons. The Morgan fingerprint density at radius 2 is 1.80 bits per heavy atom. The van der Waals surface area contributed by atoms with E-state index in [-0.39, 0.29) is 24.0 Å². The number of hydrogen-bond acceptors (Lipinski definition) is 5. The van der Waals surface area contributed by atoms with E-state index in [0.717, 1.165) is 38.0 Å². The Bertz CT molecular complexity index is 774. The molecule has 2 aromatic rings. The molecule has 0 saturated carbocycles. The third kappa shape index (κ3) is 7.84. The summed E-state index contributed by atoms with van der Waals surface area (Å²) in [6.45, 7) is 9.82. The molecule has 1 aliphatic rings. The number of nitrogens with one attached hydrogen (secondary N) is 2. The highest BCUT2D eigenvalue weighted by Gasteiger charge is 2.12. The molecule has 0 radical (unpaired) electrons. The molecule has 1 aromatic heterocycles. The molecule has 0 amide bonds. The Kier molecular flexibility index (Phi) is 10.5. The van der Waals surface area contributed by atoms with Gasteiger partial charge in [-0.15, -0.1) is 24.0 Å². The number of aryl methyl sites for hydroxylation is 1. The first-order valence-corrected chi connectivity index (χ1v) is 10.5. The fourth-order valence-electron chi connectivity index (χ4n) is 3.42. The van der Waals surface area contributed by atoms with Gasteiger partial charge in [0.2, 0.25) is 0 Å². The molecule has 0 spiro atoms. The first kappa shape index (κ1) is 24.5. The van der Waals surface area contributed by atoms with E-state index in [1.807, 2.05) is 7.05 Å². The van der Waals surface area contributed by atoms with Crippen molar-refractivity contribution in [1.82, 2.24) is 35.2 Å². The lowest BCUT2D eigenvalue weighted by atomic mass is 10.1. The summed E-state index contributed by atoms with van der Waals surface area (Å²) in [7, 11) is 4.10. The summed E-state index contributed by atoms with van der Waals surface area (Å²) in [6.07, 6.45) is 2.81. The maximum atomic E-state index is 4.70. The predicted octanol–water partition coefficient (Wildman–Crippen LogP) is 1.83. The fraction of sp³-hybridized carbons (Fsp3) is 0.571. The third-order valence-electron chi connectivity index (χ3n) is 5.22. The van der Waals surface area contributed by atoms with Gasteiger partial charge in [-0.3, -0.25) is 9.58 Å². The van der Waals surface area contributed by atoms with E-state index in [9.17, 15) is 0 Å². The zero-order valence-electron chi connectivity index (χ0n) is 18.3. The molecule has 8 nitrogen and oxygen atoms in total. The normalized spacial score (nSPS) is 16.0. The topological polar surface area (TPSA) is 73.6 Å². The Labute approximate surface area is 197 Å². The minimum atomic E-state index is 0. The van der Waals surface area contributed by atoms with Crippen LogP contribution in [0.4, 0.5) is 0 Å². The minimum Gasteiger partial charge on any atom is -0.357 e. The molecule has 0 aliphatic carbocycles. The van der Waals surface area contributed by atoms with Crippen molar-refractivity contribution in [2.24, 2.45) is 12.0 Å². The van der Waals surface area contributed by atoms with Crippen molar-refractivity contribution in [3.05, 3.63) is 47.5 Å². The van der Waals surface area contributed by atoms with Gasteiger partial charge in [-0.1, -0.05) is 24.3 Å². The molecular formula is C21H35IN8. The second kappa shape index (κ2) is 12.9. The number of aliphatic imine (C=N–C) groups is 1. The Morgan fingerprint density at radius 3 is 2.50 bits per heavy atom. The Balaban J connectivity index is 0.00000320. The molecule has 30 heavy (non-hydrogen) atoms. The van der Waals surface area contributed by atoms with Gasteiger partial charge in [0.05, 0.1) is 13.1 Å². The molecule has 0 unspecified atom stereocenters. The SMILES string of the molecule is CCNC(=NCc1ccc(CN2CCCN(C)CC2)cc1)NCc1ncnn1C.I. The van der Waals surface area contributed by atoms with Crippen LogP contribution in [-0.4, -0.2) is 70.3 Å². The van der Waals surface area contributed by atoms with Crippen molar-refractivity contribution in [3.8, 4) is 0 Å². The monoisotopic (exact) mass is 526 g/mol. The number of likely N-dealkylation sites (N-methyl/N-ethyl adjacent to an activating group) is 1. The molecule has 0 bridgehead atoms. The van der Waals surface area contributed by atoms with Crippen LogP contribution in [0.25, 0.3) is 0 Å². The highest BCUT2D eigenvalue weighted by Crippen LogP contribution is 2.11. The van der Waals surface area contributed by atoms with Gasteiger partial charge in [0, 0.05) is 33.2 Å². The van der Waals surface area contributed by atoms with Crippen molar-refractivity contribution < 1.29 is 0 Å². The molecule has 2 heterocycles. The summed E-state index contributed by atoms with van der Waals surface area (Å²) >= 11 is 0. The van der Waals surface area contributed by atoms with Crippen LogP contribution >= 0.6 is 24.0 Å². The second-order valence-corrected chi connectivity index (χ2v) is 7.60.